The number of hydrogen-bond donors (Lipinski definition) is 0. The van der Waals surface area contributed by atoms with Crippen LogP contribution < -0.4 is 0 Å². The average molecular weight is 287 g/mol. The number of hydrogen-bond acceptors (Lipinski definition) is 4. The van der Waals surface area contributed by atoms with Crippen molar-refractivity contribution in [1.82, 2.24) is 5.01 Å². The van der Waals surface area contributed by atoms with Crippen molar-refractivity contribution in [3.63, 3.8) is 0 Å². The zero-order chi connectivity index (χ0) is 15.2. The predicted octanol–water partition coefficient (Wildman–Crippen LogP) is 3.86. The SMILES string of the molecule is C[C@@H]1CCC[C@@H](C)N1/N=C\C=C\c1ccccc1[N+](=O)[O-]. The summed E-state index contributed by atoms with van der Waals surface area (Å²) in [6.45, 7) is 4.36. The van der Waals surface area contributed by atoms with Crippen molar-refractivity contribution in [2.24, 2.45) is 5.10 Å². The molecule has 1 fully saturated rings. The van der Waals surface area contributed by atoms with E-state index in [1.54, 1.807) is 36.6 Å². The van der Waals surface area contributed by atoms with E-state index in [1.165, 1.54) is 12.5 Å². The molecule has 0 aromatic heterocycles. The lowest BCUT2D eigenvalue weighted by molar-refractivity contribution is -0.385. The molecule has 0 unspecified atom stereocenters. The molecular formula is C16H21N3O2. The molecule has 1 aliphatic heterocycles. The maximum atomic E-state index is 10.9. The fraction of sp³-hybridized carbons (Fsp3) is 0.438. The molecule has 5 nitrogen and oxygen atoms in total. The Kier molecular flexibility index (Phi) is 5.09. The van der Waals surface area contributed by atoms with E-state index < -0.39 is 0 Å². The molecule has 1 saturated heterocycles. The van der Waals surface area contributed by atoms with Crippen molar-refractivity contribution >= 4 is 18.0 Å². The van der Waals surface area contributed by atoms with Crippen molar-refractivity contribution in [3.8, 4) is 0 Å². The second kappa shape index (κ2) is 7.02. The van der Waals surface area contributed by atoms with Crippen LogP contribution in [0.15, 0.2) is 35.4 Å². The Morgan fingerprint density at radius 3 is 2.62 bits per heavy atom. The quantitative estimate of drug-likeness (QED) is 0.480. The first-order valence-electron chi connectivity index (χ1n) is 7.32. The number of nitro benzene ring substituents is 1. The number of hydrazone groups is 1. The van der Waals surface area contributed by atoms with Crippen LogP contribution in [-0.4, -0.2) is 28.2 Å². The third-order valence-corrected chi connectivity index (χ3v) is 3.84. The minimum atomic E-state index is -0.369. The van der Waals surface area contributed by atoms with Gasteiger partial charge in [-0.3, -0.25) is 15.1 Å². The molecular weight excluding hydrogens is 266 g/mol. The van der Waals surface area contributed by atoms with Gasteiger partial charge in [0.1, 0.15) is 0 Å². The largest absolute Gasteiger partial charge is 0.292 e. The Morgan fingerprint density at radius 2 is 1.95 bits per heavy atom. The molecule has 1 aromatic rings. The number of para-hydroxylation sites is 1. The summed E-state index contributed by atoms with van der Waals surface area (Å²) in [6, 6.07) is 7.59. The highest BCUT2D eigenvalue weighted by Gasteiger charge is 2.22. The fourth-order valence-electron chi connectivity index (χ4n) is 2.69. The van der Waals surface area contributed by atoms with Crippen LogP contribution in [-0.2, 0) is 0 Å². The molecule has 0 N–H and O–H groups in total. The number of rotatable bonds is 4. The molecule has 5 heteroatoms. The second-order valence-corrected chi connectivity index (χ2v) is 5.45. The molecule has 0 aliphatic carbocycles. The van der Waals surface area contributed by atoms with E-state index in [2.05, 4.69) is 24.0 Å². The van der Waals surface area contributed by atoms with Crippen LogP contribution in [0.3, 0.4) is 0 Å². The Hall–Kier alpha value is -2.17. The summed E-state index contributed by atoms with van der Waals surface area (Å²) in [5.41, 5.74) is 0.704. The van der Waals surface area contributed by atoms with Gasteiger partial charge in [0, 0.05) is 24.4 Å². The van der Waals surface area contributed by atoms with Gasteiger partial charge in [0.25, 0.3) is 5.69 Å². The summed E-state index contributed by atoms with van der Waals surface area (Å²) in [5.74, 6) is 0. The lowest BCUT2D eigenvalue weighted by Crippen LogP contribution is -2.39. The summed E-state index contributed by atoms with van der Waals surface area (Å²) < 4.78 is 0. The number of nitrogens with zero attached hydrogens (tertiary/aromatic N) is 3. The topological polar surface area (TPSA) is 58.7 Å². The van der Waals surface area contributed by atoms with Gasteiger partial charge in [-0.25, -0.2) is 0 Å². The van der Waals surface area contributed by atoms with E-state index in [0.717, 1.165) is 12.8 Å². The minimum Gasteiger partial charge on any atom is -0.292 e. The molecule has 2 rings (SSSR count). The maximum absolute atomic E-state index is 10.9. The van der Waals surface area contributed by atoms with Gasteiger partial charge in [-0.05, 0) is 51.3 Å². The van der Waals surface area contributed by atoms with Crippen molar-refractivity contribution in [2.45, 2.75) is 45.2 Å². The molecule has 21 heavy (non-hydrogen) atoms. The van der Waals surface area contributed by atoms with Gasteiger partial charge in [0.2, 0.25) is 0 Å². The highest BCUT2D eigenvalue weighted by atomic mass is 16.6. The van der Waals surface area contributed by atoms with Crippen LogP contribution in [0, 0.1) is 10.1 Å². The molecule has 1 aromatic carbocycles. The van der Waals surface area contributed by atoms with Crippen molar-refractivity contribution < 1.29 is 4.92 Å². The molecule has 1 heterocycles. The summed E-state index contributed by atoms with van der Waals surface area (Å²) in [7, 11) is 0. The Morgan fingerprint density at radius 1 is 1.29 bits per heavy atom. The third kappa shape index (κ3) is 3.90. The van der Waals surface area contributed by atoms with Crippen molar-refractivity contribution in [2.75, 3.05) is 0 Å². The molecule has 112 valence electrons. The van der Waals surface area contributed by atoms with Gasteiger partial charge in [-0.1, -0.05) is 12.1 Å². The number of nitro groups is 1. The van der Waals surface area contributed by atoms with Gasteiger partial charge >= 0.3 is 0 Å². The monoisotopic (exact) mass is 287 g/mol. The third-order valence-electron chi connectivity index (χ3n) is 3.84. The van der Waals surface area contributed by atoms with E-state index in [9.17, 15) is 10.1 Å². The normalized spacial score (nSPS) is 23.0. The van der Waals surface area contributed by atoms with Crippen LogP contribution in [0.2, 0.25) is 0 Å². The molecule has 2 atom stereocenters. The van der Waals surface area contributed by atoms with Crippen molar-refractivity contribution in [3.05, 3.63) is 46.0 Å². The van der Waals surface area contributed by atoms with Crippen LogP contribution in [0.25, 0.3) is 6.08 Å². The number of allylic oxidation sites excluding steroid dienone is 1. The summed E-state index contributed by atoms with van der Waals surface area (Å²) >= 11 is 0. The first kappa shape index (κ1) is 15.2. The number of piperidine rings is 1. The van der Waals surface area contributed by atoms with E-state index in [4.69, 9.17) is 0 Å². The summed E-state index contributed by atoms with van der Waals surface area (Å²) in [5, 5.41) is 17.5. The molecule has 0 saturated carbocycles. The minimum absolute atomic E-state index is 0.113. The molecule has 0 radical (unpaired) electrons. The molecule has 0 spiro atoms. The Labute approximate surface area is 125 Å². The van der Waals surface area contributed by atoms with Crippen LogP contribution in [0.4, 0.5) is 5.69 Å². The first-order valence-corrected chi connectivity index (χ1v) is 7.32. The van der Waals surface area contributed by atoms with Gasteiger partial charge in [0.15, 0.2) is 0 Å². The lowest BCUT2D eigenvalue weighted by Gasteiger charge is -2.36. The number of benzene rings is 1. The van der Waals surface area contributed by atoms with Crippen LogP contribution >= 0.6 is 0 Å². The zero-order valence-corrected chi connectivity index (χ0v) is 12.5. The zero-order valence-electron chi connectivity index (χ0n) is 12.5. The lowest BCUT2D eigenvalue weighted by atomic mass is 10.00. The molecule has 1 aliphatic rings. The van der Waals surface area contributed by atoms with E-state index in [-0.39, 0.29) is 10.6 Å². The first-order chi connectivity index (χ1) is 10.1. The average Bonchev–Trinajstić information content (AvgIpc) is 2.46. The van der Waals surface area contributed by atoms with Gasteiger partial charge in [0.05, 0.1) is 10.5 Å². The van der Waals surface area contributed by atoms with Gasteiger partial charge < -0.3 is 0 Å². The van der Waals surface area contributed by atoms with Crippen LogP contribution in [0.1, 0.15) is 38.7 Å². The fourth-order valence-corrected chi connectivity index (χ4v) is 2.69. The smallest absolute Gasteiger partial charge is 0.276 e. The van der Waals surface area contributed by atoms with Gasteiger partial charge in [-0.15, -0.1) is 0 Å². The van der Waals surface area contributed by atoms with Crippen molar-refractivity contribution in [1.29, 1.82) is 0 Å². The molecule has 0 amide bonds. The molecule has 0 bridgehead atoms. The van der Waals surface area contributed by atoms with E-state index in [1.807, 2.05) is 0 Å². The highest BCUT2D eigenvalue weighted by Crippen LogP contribution is 2.22. The summed E-state index contributed by atoms with van der Waals surface area (Å²) in [6.07, 6.45) is 8.78. The second-order valence-electron chi connectivity index (χ2n) is 5.45. The summed E-state index contributed by atoms with van der Waals surface area (Å²) in [4.78, 5) is 10.5. The Balaban J connectivity index is 2.05. The van der Waals surface area contributed by atoms with Gasteiger partial charge in [-0.2, -0.15) is 5.10 Å². The maximum Gasteiger partial charge on any atom is 0.276 e. The predicted molar refractivity (Wildman–Crippen MR) is 85.2 cm³/mol. The highest BCUT2D eigenvalue weighted by molar-refractivity contribution is 5.79. The van der Waals surface area contributed by atoms with E-state index >= 15 is 0 Å². The van der Waals surface area contributed by atoms with Crippen LogP contribution in [0.5, 0.6) is 0 Å². The Bertz CT molecular complexity index is 544. The van der Waals surface area contributed by atoms with E-state index in [0.29, 0.717) is 17.6 Å². The standard InChI is InChI=1S/C16H21N3O2/c1-13-7-5-8-14(2)18(13)17-12-6-10-15-9-3-4-11-16(15)19(20)21/h3-4,6,9-14H,5,7-8H2,1-2H3/b10-6+,17-12-/t13-,14-/m1/s1.